The highest BCUT2D eigenvalue weighted by atomic mass is 19.1. The minimum absolute atomic E-state index is 0.221. The van der Waals surface area contributed by atoms with Crippen LogP contribution in [0.15, 0.2) is 30.6 Å². The number of nitrogens with one attached hydrogen (secondary N) is 1. The van der Waals surface area contributed by atoms with Crippen molar-refractivity contribution in [3.63, 3.8) is 0 Å². The molecule has 2 atom stereocenters. The molecule has 0 spiro atoms. The van der Waals surface area contributed by atoms with Gasteiger partial charge in [0.1, 0.15) is 29.7 Å². The lowest BCUT2D eigenvalue weighted by molar-refractivity contribution is 0.0243. The van der Waals surface area contributed by atoms with Crippen LogP contribution in [0, 0.1) is 5.82 Å². The summed E-state index contributed by atoms with van der Waals surface area (Å²) < 4.78 is 25.6. The summed E-state index contributed by atoms with van der Waals surface area (Å²) in [5.41, 5.74) is 1.93. The average Bonchev–Trinajstić information content (AvgIpc) is 3.04. The Bertz CT molecular complexity index is 1020. The molecule has 0 fully saturated rings. The van der Waals surface area contributed by atoms with Crippen LogP contribution in [0.2, 0.25) is 0 Å². The van der Waals surface area contributed by atoms with Gasteiger partial charge in [0.05, 0.1) is 11.8 Å². The normalized spacial score (nSPS) is 21.7. The molecule has 25 heavy (non-hydrogen) atoms. The molecule has 7 nitrogen and oxygen atoms in total. The van der Waals surface area contributed by atoms with Crippen LogP contribution < -0.4 is 9.47 Å². The van der Waals surface area contributed by atoms with Crippen LogP contribution in [-0.4, -0.2) is 45.5 Å². The Hall–Kier alpha value is -3.16. The summed E-state index contributed by atoms with van der Waals surface area (Å²) in [4.78, 5) is 26.1. The van der Waals surface area contributed by atoms with Crippen molar-refractivity contribution in [1.82, 2.24) is 19.9 Å². The summed E-state index contributed by atoms with van der Waals surface area (Å²) in [5.74, 6) is 0.204. The number of nitrogens with zero attached hydrogens (tertiary/aromatic N) is 3. The maximum absolute atomic E-state index is 13.8. The van der Waals surface area contributed by atoms with E-state index in [1.165, 1.54) is 18.3 Å². The van der Waals surface area contributed by atoms with E-state index in [-0.39, 0.29) is 18.4 Å². The second-order valence-corrected chi connectivity index (χ2v) is 6.12. The molecule has 2 bridgehead atoms. The lowest BCUT2D eigenvalue weighted by Crippen LogP contribution is -2.48. The zero-order valence-corrected chi connectivity index (χ0v) is 13.2. The van der Waals surface area contributed by atoms with Gasteiger partial charge >= 0.3 is 0 Å². The molecule has 3 aromatic rings. The van der Waals surface area contributed by atoms with E-state index in [1.54, 1.807) is 24.2 Å². The standard InChI is InChI=1S/C17H13FN4O3/c1-22-11-7-24-12-3-2-8(18)4-9(12)15(11)25-13-6-20-16-14(21-13)10(5-19-16)17(22)23/h2-6,11,15H,7H2,1H3,(H,19,20). The topological polar surface area (TPSA) is 80.3 Å². The third-order valence-corrected chi connectivity index (χ3v) is 4.69. The minimum Gasteiger partial charge on any atom is -0.491 e. The third kappa shape index (κ3) is 2.00. The number of likely N-dealkylation sites (N-methyl/N-ethyl adjacent to an activating group) is 1. The first-order valence-corrected chi connectivity index (χ1v) is 7.82. The van der Waals surface area contributed by atoms with Gasteiger partial charge in [-0.15, -0.1) is 0 Å². The highest BCUT2D eigenvalue weighted by molar-refractivity contribution is 6.04. The van der Waals surface area contributed by atoms with E-state index in [0.717, 1.165) is 0 Å². The second-order valence-electron chi connectivity index (χ2n) is 6.12. The van der Waals surface area contributed by atoms with Gasteiger partial charge in [-0.05, 0) is 18.2 Å². The zero-order chi connectivity index (χ0) is 17.1. The summed E-state index contributed by atoms with van der Waals surface area (Å²) in [7, 11) is 1.68. The van der Waals surface area contributed by atoms with Crippen LogP contribution in [0.1, 0.15) is 22.0 Å². The first kappa shape index (κ1) is 14.2. The van der Waals surface area contributed by atoms with Crippen molar-refractivity contribution in [2.75, 3.05) is 13.7 Å². The SMILES string of the molecule is CN1C(=O)c2c[nH]c3ncc(nc23)OC2c3cc(F)ccc3OCC21. The quantitative estimate of drug-likeness (QED) is 0.678. The molecule has 2 aliphatic rings. The van der Waals surface area contributed by atoms with Crippen molar-refractivity contribution >= 4 is 17.1 Å². The third-order valence-electron chi connectivity index (χ3n) is 4.69. The first-order chi connectivity index (χ1) is 12.1. The number of halogens is 1. The molecule has 4 heterocycles. The minimum atomic E-state index is -0.604. The van der Waals surface area contributed by atoms with Gasteiger partial charge in [-0.1, -0.05) is 0 Å². The lowest BCUT2D eigenvalue weighted by atomic mass is 9.97. The lowest BCUT2D eigenvalue weighted by Gasteiger charge is -2.37. The van der Waals surface area contributed by atoms with Crippen LogP contribution in [0.25, 0.3) is 11.2 Å². The molecule has 1 amide bonds. The molecule has 1 N–H and O–H groups in total. The first-order valence-electron chi connectivity index (χ1n) is 7.82. The molecule has 0 saturated carbocycles. The number of ether oxygens (including phenoxy) is 2. The van der Waals surface area contributed by atoms with Crippen molar-refractivity contribution in [3.05, 3.63) is 47.5 Å². The fourth-order valence-corrected chi connectivity index (χ4v) is 3.37. The smallest absolute Gasteiger partial charge is 0.257 e. The van der Waals surface area contributed by atoms with Crippen LogP contribution in [0.3, 0.4) is 0 Å². The monoisotopic (exact) mass is 340 g/mol. The molecule has 0 aliphatic carbocycles. The van der Waals surface area contributed by atoms with Gasteiger partial charge in [0.15, 0.2) is 11.8 Å². The number of carbonyl (C=O) groups is 1. The van der Waals surface area contributed by atoms with Crippen LogP contribution >= 0.6 is 0 Å². The number of carbonyl (C=O) groups excluding carboxylic acids is 1. The summed E-state index contributed by atoms with van der Waals surface area (Å²) >= 11 is 0. The summed E-state index contributed by atoms with van der Waals surface area (Å²) in [6.07, 6.45) is 2.47. The van der Waals surface area contributed by atoms with Crippen molar-refractivity contribution in [1.29, 1.82) is 0 Å². The Balaban J connectivity index is 1.71. The van der Waals surface area contributed by atoms with Crippen LogP contribution in [-0.2, 0) is 0 Å². The number of aromatic nitrogens is 3. The number of H-pyrrole nitrogens is 1. The number of rotatable bonds is 0. The molecule has 2 unspecified atom stereocenters. The molecule has 2 aromatic heterocycles. The Morgan fingerprint density at radius 2 is 2.28 bits per heavy atom. The second kappa shape index (κ2) is 4.92. The Labute approximate surface area is 141 Å². The van der Waals surface area contributed by atoms with Crippen molar-refractivity contribution in [2.45, 2.75) is 12.1 Å². The Kier molecular flexibility index (Phi) is 2.79. The fraction of sp³-hybridized carbons (Fsp3) is 0.235. The molecule has 0 saturated heterocycles. The van der Waals surface area contributed by atoms with E-state index in [9.17, 15) is 9.18 Å². The highest BCUT2D eigenvalue weighted by Gasteiger charge is 2.39. The van der Waals surface area contributed by atoms with Crippen LogP contribution in [0.4, 0.5) is 4.39 Å². The predicted octanol–water partition coefficient (Wildman–Crippen LogP) is 2.06. The van der Waals surface area contributed by atoms with Crippen LogP contribution in [0.5, 0.6) is 11.6 Å². The summed E-state index contributed by atoms with van der Waals surface area (Å²) in [6, 6.07) is 3.84. The highest BCUT2D eigenvalue weighted by Crippen LogP contribution is 2.38. The number of benzene rings is 1. The number of amides is 1. The van der Waals surface area contributed by atoms with Gasteiger partial charge in [-0.2, -0.15) is 0 Å². The number of fused-ring (bicyclic) bond motifs is 4. The molecule has 5 rings (SSSR count). The van der Waals surface area contributed by atoms with Gasteiger partial charge in [0.2, 0.25) is 5.88 Å². The molecule has 126 valence electrons. The van der Waals surface area contributed by atoms with Crippen molar-refractivity contribution < 1.29 is 18.7 Å². The van der Waals surface area contributed by atoms with Gasteiger partial charge in [0, 0.05) is 18.8 Å². The average molecular weight is 340 g/mol. The number of aromatic amines is 1. The molecule has 2 aliphatic heterocycles. The molecular formula is C17H13FN4O3. The molecule has 1 aromatic carbocycles. The van der Waals surface area contributed by atoms with E-state index in [4.69, 9.17) is 9.47 Å². The maximum atomic E-state index is 13.8. The predicted molar refractivity (Wildman–Crippen MR) is 85.0 cm³/mol. The maximum Gasteiger partial charge on any atom is 0.257 e. The number of hydrogen-bond donors (Lipinski definition) is 1. The molecular weight excluding hydrogens is 327 g/mol. The molecule has 0 radical (unpaired) electrons. The fourth-order valence-electron chi connectivity index (χ4n) is 3.37. The summed E-state index contributed by atoms with van der Waals surface area (Å²) in [6.45, 7) is 0.239. The van der Waals surface area contributed by atoms with E-state index in [2.05, 4.69) is 15.0 Å². The van der Waals surface area contributed by atoms with Gasteiger partial charge < -0.3 is 19.4 Å². The summed E-state index contributed by atoms with van der Waals surface area (Å²) in [5, 5.41) is 0. The Morgan fingerprint density at radius 3 is 3.16 bits per heavy atom. The zero-order valence-electron chi connectivity index (χ0n) is 13.2. The van der Waals surface area contributed by atoms with Gasteiger partial charge in [0.25, 0.3) is 5.91 Å². The van der Waals surface area contributed by atoms with Crippen molar-refractivity contribution in [2.24, 2.45) is 0 Å². The van der Waals surface area contributed by atoms with Crippen molar-refractivity contribution in [3.8, 4) is 11.6 Å². The largest absolute Gasteiger partial charge is 0.491 e. The van der Waals surface area contributed by atoms with E-state index in [0.29, 0.717) is 28.0 Å². The van der Waals surface area contributed by atoms with Gasteiger partial charge in [-0.25, -0.2) is 14.4 Å². The van der Waals surface area contributed by atoms with E-state index in [1.807, 2.05) is 0 Å². The number of hydrogen-bond acceptors (Lipinski definition) is 5. The van der Waals surface area contributed by atoms with E-state index < -0.39 is 18.0 Å². The van der Waals surface area contributed by atoms with E-state index >= 15 is 0 Å². The Morgan fingerprint density at radius 1 is 1.40 bits per heavy atom. The molecule has 8 heteroatoms. The van der Waals surface area contributed by atoms with Gasteiger partial charge in [-0.3, -0.25) is 4.79 Å².